The van der Waals surface area contributed by atoms with Crippen LogP contribution in [0.5, 0.6) is 0 Å². The third-order valence-corrected chi connectivity index (χ3v) is 8.83. The summed E-state index contributed by atoms with van der Waals surface area (Å²) >= 11 is 0. The fourth-order valence-corrected chi connectivity index (χ4v) is 6.01. The number of unbranched alkanes of at least 4 members (excludes halogenated alkanes) is 26. The molecule has 0 saturated heterocycles. The van der Waals surface area contributed by atoms with Gasteiger partial charge in [-0.3, -0.25) is 9.59 Å². The Kier molecular flexibility index (Phi) is 33.6. The van der Waals surface area contributed by atoms with E-state index >= 15 is 0 Å². The van der Waals surface area contributed by atoms with E-state index in [1.807, 2.05) is 0 Å². The number of carbonyl (C=O) groups is 2. The van der Waals surface area contributed by atoms with Gasteiger partial charge < -0.3 is 9.84 Å². The fourth-order valence-electron chi connectivity index (χ4n) is 6.01. The number of carbonyl (C=O) groups excluding carboxylic acids is 1. The Bertz CT molecular complexity index is 561. The van der Waals surface area contributed by atoms with Crippen molar-refractivity contribution < 1.29 is 19.4 Å². The molecule has 0 spiro atoms. The summed E-state index contributed by atoms with van der Waals surface area (Å²) in [6.07, 6.45) is 40.0. The molecule has 42 heavy (non-hydrogen) atoms. The Morgan fingerprint density at radius 1 is 0.429 bits per heavy atom. The van der Waals surface area contributed by atoms with E-state index in [-0.39, 0.29) is 18.5 Å². The van der Waals surface area contributed by atoms with Crippen LogP contribution in [0.25, 0.3) is 0 Å². The lowest BCUT2D eigenvalue weighted by molar-refractivity contribution is -0.150. The van der Waals surface area contributed by atoms with Gasteiger partial charge in [-0.15, -0.1) is 0 Å². The van der Waals surface area contributed by atoms with E-state index in [1.54, 1.807) is 0 Å². The standard InChI is InChI=1S/C38H74O4/c1-3-5-7-9-10-11-12-13-14-15-16-17-18-19-20-21-22-23-25-31-35-38(41)42-36(32-28-24-8-6-4-2)33-29-26-27-30-34-37(39)40/h36H,3-35H2,1-2H3,(H,39,40). The van der Waals surface area contributed by atoms with Gasteiger partial charge in [-0.2, -0.15) is 0 Å². The summed E-state index contributed by atoms with van der Waals surface area (Å²) in [5, 5.41) is 8.79. The lowest BCUT2D eigenvalue weighted by Gasteiger charge is -2.18. The Morgan fingerprint density at radius 3 is 1.05 bits per heavy atom. The highest BCUT2D eigenvalue weighted by Gasteiger charge is 2.14. The van der Waals surface area contributed by atoms with Crippen LogP contribution >= 0.6 is 0 Å². The molecular weight excluding hydrogens is 520 g/mol. The van der Waals surface area contributed by atoms with Crippen molar-refractivity contribution in [3.63, 3.8) is 0 Å². The molecule has 0 aliphatic heterocycles. The first-order valence-electron chi connectivity index (χ1n) is 19.0. The molecular formula is C38H74O4. The van der Waals surface area contributed by atoms with Gasteiger partial charge in [-0.1, -0.05) is 174 Å². The second-order valence-electron chi connectivity index (χ2n) is 13.1. The van der Waals surface area contributed by atoms with Crippen LogP contribution in [0, 0.1) is 0 Å². The number of aliphatic carboxylic acids is 1. The highest BCUT2D eigenvalue weighted by atomic mass is 16.5. The average Bonchev–Trinajstić information content (AvgIpc) is 2.97. The van der Waals surface area contributed by atoms with Crippen molar-refractivity contribution in [1.29, 1.82) is 0 Å². The van der Waals surface area contributed by atoms with Crippen molar-refractivity contribution in [1.82, 2.24) is 0 Å². The van der Waals surface area contributed by atoms with Gasteiger partial charge in [0.05, 0.1) is 0 Å². The molecule has 1 unspecified atom stereocenters. The van der Waals surface area contributed by atoms with Crippen LogP contribution in [0.2, 0.25) is 0 Å². The molecule has 4 heteroatoms. The van der Waals surface area contributed by atoms with Gasteiger partial charge in [0.15, 0.2) is 0 Å². The molecule has 0 bridgehead atoms. The van der Waals surface area contributed by atoms with Crippen molar-refractivity contribution >= 4 is 11.9 Å². The van der Waals surface area contributed by atoms with Gasteiger partial charge in [0, 0.05) is 12.8 Å². The fraction of sp³-hybridized carbons (Fsp3) is 0.947. The van der Waals surface area contributed by atoms with Gasteiger partial charge in [0.1, 0.15) is 6.10 Å². The number of ether oxygens (including phenoxy) is 1. The molecule has 0 rings (SSSR count). The zero-order valence-electron chi connectivity index (χ0n) is 28.6. The predicted octanol–water partition coefficient (Wildman–Crippen LogP) is 12.9. The molecule has 0 heterocycles. The number of hydrogen-bond acceptors (Lipinski definition) is 3. The second kappa shape index (κ2) is 34.4. The minimum Gasteiger partial charge on any atom is -0.481 e. The molecule has 1 atom stereocenters. The third kappa shape index (κ3) is 33.4. The Balaban J connectivity index is 3.66. The number of carboxylic acids is 1. The van der Waals surface area contributed by atoms with Crippen molar-refractivity contribution in [2.45, 2.75) is 232 Å². The molecule has 0 saturated carbocycles. The molecule has 0 aliphatic carbocycles. The van der Waals surface area contributed by atoms with Crippen molar-refractivity contribution in [2.24, 2.45) is 0 Å². The minimum atomic E-state index is -0.709. The zero-order valence-corrected chi connectivity index (χ0v) is 28.6. The average molecular weight is 595 g/mol. The van der Waals surface area contributed by atoms with Crippen LogP contribution < -0.4 is 0 Å². The van der Waals surface area contributed by atoms with Gasteiger partial charge in [0.25, 0.3) is 0 Å². The quantitative estimate of drug-likeness (QED) is 0.0585. The van der Waals surface area contributed by atoms with Crippen LogP contribution in [0.15, 0.2) is 0 Å². The first-order chi connectivity index (χ1) is 20.6. The molecule has 0 aromatic carbocycles. The number of carboxylic acid groups (broad SMARTS) is 1. The minimum absolute atomic E-state index is 0.0122. The summed E-state index contributed by atoms with van der Waals surface area (Å²) in [6.45, 7) is 4.52. The summed E-state index contributed by atoms with van der Waals surface area (Å²) in [5.41, 5.74) is 0. The van der Waals surface area contributed by atoms with E-state index in [4.69, 9.17) is 9.84 Å². The van der Waals surface area contributed by atoms with E-state index in [0.717, 1.165) is 57.8 Å². The van der Waals surface area contributed by atoms with E-state index in [9.17, 15) is 9.59 Å². The summed E-state index contributed by atoms with van der Waals surface area (Å²) in [4.78, 5) is 23.2. The Hall–Kier alpha value is -1.06. The van der Waals surface area contributed by atoms with Gasteiger partial charge in [0.2, 0.25) is 0 Å². The van der Waals surface area contributed by atoms with Crippen LogP contribution in [0.3, 0.4) is 0 Å². The van der Waals surface area contributed by atoms with Crippen molar-refractivity contribution in [3.05, 3.63) is 0 Å². The van der Waals surface area contributed by atoms with Crippen LogP contribution in [0.1, 0.15) is 226 Å². The van der Waals surface area contributed by atoms with E-state index in [0.29, 0.717) is 6.42 Å². The topological polar surface area (TPSA) is 63.6 Å². The first kappa shape index (κ1) is 40.9. The maximum absolute atomic E-state index is 12.5. The molecule has 0 fully saturated rings. The van der Waals surface area contributed by atoms with Crippen LogP contribution in [-0.2, 0) is 14.3 Å². The van der Waals surface area contributed by atoms with Gasteiger partial charge >= 0.3 is 11.9 Å². The van der Waals surface area contributed by atoms with Gasteiger partial charge in [-0.25, -0.2) is 0 Å². The lowest BCUT2D eigenvalue weighted by Crippen LogP contribution is -2.18. The molecule has 0 aromatic rings. The maximum atomic E-state index is 12.5. The number of hydrogen-bond donors (Lipinski definition) is 1. The molecule has 0 aliphatic rings. The summed E-state index contributed by atoms with van der Waals surface area (Å²) in [6, 6.07) is 0. The summed E-state index contributed by atoms with van der Waals surface area (Å²) in [5.74, 6) is -0.722. The van der Waals surface area contributed by atoms with E-state index in [2.05, 4.69) is 13.8 Å². The Labute approximate surface area is 262 Å². The van der Waals surface area contributed by atoms with Crippen molar-refractivity contribution in [2.75, 3.05) is 0 Å². The molecule has 0 aromatic heterocycles. The van der Waals surface area contributed by atoms with E-state index in [1.165, 1.54) is 141 Å². The van der Waals surface area contributed by atoms with Crippen LogP contribution in [-0.4, -0.2) is 23.1 Å². The lowest BCUT2D eigenvalue weighted by atomic mass is 10.0. The van der Waals surface area contributed by atoms with Gasteiger partial charge in [-0.05, 0) is 38.5 Å². The Morgan fingerprint density at radius 2 is 0.714 bits per heavy atom. The third-order valence-electron chi connectivity index (χ3n) is 8.83. The largest absolute Gasteiger partial charge is 0.481 e. The van der Waals surface area contributed by atoms with E-state index < -0.39 is 5.97 Å². The molecule has 0 amide bonds. The highest BCUT2D eigenvalue weighted by Crippen LogP contribution is 2.19. The molecule has 1 N–H and O–H groups in total. The summed E-state index contributed by atoms with van der Waals surface area (Å²) < 4.78 is 5.91. The molecule has 4 nitrogen and oxygen atoms in total. The zero-order chi connectivity index (χ0) is 30.8. The SMILES string of the molecule is CCCCCCCCCCCCCCCCCCCCCCC(=O)OC(CCCCCCC)CCCCCCC(=O)O. The molecule has 250 valence electrons. The number of rotatable bonds is 35. The second-order valence-corrected chi connectivity index (χ2v) is 13.1. The number of esters is 1. The monoisotopic (exact) mass is 595 g/mol. The first-order valence-corrected chi connectivity index (χ1v) is 19.0. The van der Waals surface area contributed by atoms with Crippen molar-refractivity contribution in [3.8, 4) is 0 Å². The summed E-state index contributed by atoms with van der Waals surface area (Å²) in [7, 11) is 0. The highest BCUT2D eigenvalue weighted by molar-refractivity contribution is 5.69. The predicted molar refractivity (Wildman–Crippen MR) is 181 cm³/mol. The van der Waals surface area contributed by atoms with Crippen LogP contribution in [0.4, 0.5) is 0 Å². The molecule has 0 radical (unpaired) electrons. The smallest absolute Gasteiger partial charge is 0.306 e. The normalized spacial score (nSPS) is 12.0. The maximum Gasteiger partial charge on any atom is 0.306 e.